The summed E-state index contributed by atoms with van der Waals surface area (Å²) in [6, 6.07) is 18.6. The van der Waals surface area contributed by atoms with Gasteiger partial charge in [-0.1, -0.05) is 55.1 Å². The lowest BCUT2D eigenvalue weighted by atomic mass is 9.92. The third kappa shape index (κ3) is 3.77. The molecule has 0 unspecified atom stereocenters. The Morgan fingerprint density at radius 3 is 2.50 bits per heavy atom. The first kappa shape index (κ1) is 17.7. The number of ether oxygens (including phenoxy) is 1. The SMILES string of the molecule is C=C/C=C\C(=C/C)N1/C(=N/c2ccccc2)C[C@H]1c1ccc(OC)cc1. The van der Waals surface area contributed by atoms with Crippen molar-refractivity contribution in [2.75, 3.05) is 7.11 Å². The minimum atomic E-state index is 0.268. The minimum Gasteiger partial charge on any atom is -0.497 e. The van der Waals surface area contributed by atoms with E-state index in [0.29, 0.717) is 0 Å². The van der Waals surface area contributed by atoms with Crippen molar-refractivity contribution in [3.8, 4) is 5.75 Å². The Labute approximate surface area is 155 Å². The van der Waals surface area contributed by atoms with Gasteiger partial charge in [0, 0.05) is 12.1 Å². The summed E-state index contributed by atoms with van der Waals surface area (Å²) in [4.78, 5) is 7.14. The lowest BCUT2D eigenvalue weighted by molar-refractivity contribution is 0.317. The molecule has 2 aromatic rings. The molecule has 0 saturated carbocycles. The molecule has 26 heavy (non-hydrogen) atoms. The van der Waals surface area contributed by atoms with E-state index in [-0.39, 0.29) is 6.04 Å². The molecule has 1 fully saturated rings. The van der Waals surface area contributed by atoms with E-state index < -0.39 is 0 Å². The van der Waals surface area contributed by atoms with Gasteiger partial charge in [-0.15, -0.1) is 0 Å². The average Bonchev–Trinajstić information content (AvgIpc) is 2.69. The highest BCUT2D eigenvalue weighted by molar-refractivity contribution is 5.93. The van der Waals surface area contributed by atoms with Gasteiger partial charge in [0.1, 0.15) is 11.6 Å². The number of allylic oxidation sites excluding steroid dienone is 4. The third-order valence-electron chi connectivity index (χ3n) is 4.46. The Hall–Kier alpha value is -3.07. The van der Waals surface area contributed by atoms with Gasteiger partial charge in [-0.25, -0.2) is 4.99 Å². The molecule has 0 amide bonds. The number of benzene rings is 2. The first-order valence-electron chi connectivity index (χ1n) is 8.78. The second kappa shape index (κ2) is 8.34. The number of hydrogen-bond acceptors (Lipinski definition) is 2. The van der Waals surface area contributed by atoms with E-state index >= 15 is 0 Å². The highest BCUT2D eigenvalue weighted by Crippen LogP contribution is 2.40. The van der Waals surface area contributed by atoms with E-state index in [1.807, 2.05) is 55.5 Å². The number of methoxy groups -OCH3 is 1. The lowest BCUT2D eigenvalue weighted by Gasteiger charge is -2.45. The van der Waals surface area contributed by atoms with Crippen LogP contribution in [0, 0.1) is 0 Å². The van der Waals surface area contributed by atoms with Crippen molar-refractivity contribution in [3.63, 3.8) is 0 Å². The normalized spacial score (nSPS) is 18.8. The zero-order chi connectivity index (χ0) is 18.4. The molecule has 3 heteroatoms. The van der Waals surface area contributed by atoms with Crippen LogP contribution >= 0.6 is 0 Å². The van der Waals surface area contributed by atoms with Crippen LogP contribution in [-0.2, 0) is 0 Å². The molecule has 1 aliphatic rings. The van der Waals surface area contributed by atoms with Crippen LogP contribution in [0.3, 0.4) is 0 Å². The number of para-hydroxylation sites is 1. The minimum absolute atomic E-state index is 0.268. The standard InChI is InChI=1S/C23H24N2O/c1-4-6-12-20(5-2)25-22(18-13-15-21(26-3)16-14-18)17-23(25)24-19-10-8-7-9-11-19/h4-16,22H,1,17H2,2-3H3/b12-6-,20-5+,24-23+/t22-/m0/s1. The fraction of sp³-hybridized carbons (Fsp3) is 0.174. The topological polar surface area (TPSA) is 24.8 Å². The van der Waals surface area contributed by atoms with Crippen LogP contribution in [0.1, 0.15) is 24.9 Å². The van der Waals surface area contributed by atoms with Crippen LogP contribution in [0.15, 0.2) is 96.2 Å². The Kier molecular flexibility index (Phi) is 5.69. The zero-order valence-corrected chi connectivity index (χ0v) is 15.3. The van der Waals surface area contributed by atoms with Crippen molar-refractivity contribution in [1.29, 1.82) is 0 Å². The molecule has 0 N–H and O–H groups in total. The largest absolute Gasteiger partial charge is 0.497 e. The highest BCUT2D eigenvalue weighted by atomic mass is 16.5. The van der Waals surface area contributed by atoms with Crippen LogP contribution in [0.4, 0.5) is 5.69 Å². The van der Waals surface area contributed by atoms with Gasteiger partial charge in [0.2, 0.25) is 0 Å². The maximum absolute atomic E-state index is 5.28. The summed E-state index contributed by atoms with van der Waals surface area (Å²) in [5, 5.41) is 0. The molecule has 0 spiro atoms. The van der Waals surface area contributed by atoms with Gasteiger partial charge < -0.3 is 9.64 Å². The number of nitrogens with zero attached hydrogens (tertiary/aromatic N) is 2. The number of hydrogen-bond donors (Lipinski definition) is 0. The lowest BCUT2D eigenvalue weighted by Crippen LogP contribution is -2.45. The smallest absolute Gasteiger partial charge is 0.118 e. The molecule has 2 aromatic carbocycles. The summed E-state index contributed by atoms with van der Waals surface area (Å²) >= 11 is 0. The van der Waals surface area contributed by atoms with Gasteiger partial charge in [0.05, 0.1) is 18.8 Å². The number of aliphatic imine (C=N–C) groups is 1. The summed E-state index contributed by atoms with van der Waals surface area (Å²) < 4.78 is 5.28. The number of rotatable bonds is 6. The summed E-state index contributed by atoms with van der Waals surface area (Å²) in [6.45, 7) is 5.82. The van der Waals surface area contributed by atoms with Crippen molar-refractivity contribution in [2.45, 2.75) is 19.4 Å². The van der Waals surface area contributed by atoms with E-state index in [1.54, 1.807) is 13.2 Å². The Balaban J connectivity index is 1.93. The zero-order valence-electron chi connectivity index (χ0n) is 15.3. The van der Waals surface area contributed by atoms with E-state index in [4.69, 9.17) is 9.73 Å². The van der Waals surface area contributed by atoms with Gasteiger partial charge in [-0.3, -0.25) is 0 Å². The monoisotopic (exact) mass is 344 g/mol. The second-order valence-electron chi connectivity index (χ2n) is 6.04. The third-order valence-corrected chi connectivity index (χ3v) is 4.46. The molecule has 1 saturated heterocycles. The molecule has 1 heterocycles. The molecular weight excluding hydrogens is 320 g/mol. The van der Waals surface area contributed by atoms with Crippen molar-refractivity contribution in [3.05, 3.63) is 96.7 Å². The number of amidine groups is 1. The molecule has 1 aliphatic heterocycles. The van der Waals surface area contributed by atoms with E-state index in [9.17, 15) is 0 Å². The molecule has 3 rings (SSSR count). The maximum atomic E-state index is 5.28. The molecule has 0 radical (unpaired) electrons. The molecule has 132 valence electrons. The van der Waals surface area contributed by atoms with Crippen molar-refractivity contribution in [2.24, 2.45) is 4.99 Å². The molecule has 0 aromatic heterocycles. The van der Waals surface area contributed by atoms with Gasteiger partial charge in [-0.05, 0) is 42.8 Å². The predicted octanol–water partition coefficient (Wildman–Crippen LogP) is 5.82. The van der Waals surface area contributed by atoms with Crippen LogP contribution in [0.25, 0.3) is 0 Å². The van der Waals surface area contributed by atoms with E-state index in [1.165, 1.54) is 5.56 Å². The van der Waals surface area contributed by atoms with Gasteiger partial charge >= 0.3 is 0 Å². The van der Waals surface area contributed by atoms with Crippen LogP contribution in [-0.4, -0.2) is 17.8 Å². The molecule has 1 atom stereocenters. The summed E-state index contributed by atoms with van der Waals surface area (Å²) in [5.74, 6) is 1.94. The number of likely N-dealkylation sites (tertiary alicyclic amines) is 1. The molecule has 0 aliphatic carbocycles. The van der Waals surface area contributed by atoms with Crippen molar-refractivity contribution in [1.82, 2.24) is 4.90 Å². The van der Waals surface area contributed by atoms with Crippen molar-refractivity contribution < 1.29 is 4.74 Å². The van der Waals surface area contributed by atoms with Crippen LogP contribution in [0.2, 0.25) is 0 Å². The Morgan fingerprint density at radius 1 is 1.15 bits per heavy atom. The fourth-order valence-electron chi connectivity index (χ4n) is 3.09. The quantitative estimate of drug-likeness (QED) is 0.617. The average molecular weight is 344 g/mol. The van der Waals surface area contributed by atoms with Crippen LogP contribution < -0.4 is 4.74 Å². The van der Waals surface area contributed by atoms with Gasteiger partial charge in [-0.2, -0.15) is 0 Å². The summed E-state index contributed by atoms with van der Waals surface area (Å²) in [7, 11) is 1.69. The first-order valence-corrected chi connectivity index (χ1v) is 8.78. The highest BCUT2D eigenvalue weighted by Gasteiger charge is 2.36. The molecule has 0 bridgehead atoms. The Bertz CT molecular complexity index is 832. The molecular formula is C23H24N2O. The van der Waals surface area contributed by atoms with Crippen LogP contribution in [0.5, 0.6) is 5.75 Å². The maximum Gasteiger partial charge on any atom is 0.118 e. The summed E-state index contributed by atoms with van der Waals surface area (Å²) in [5.41, 5.74) is 3.35. The second-order valence-corrected chi connectivity index (χ2v) is 6.04. The predicted molar refractivity (Wildman–Crippen MR) is 109 cm³/mol. The van der Waals surface area contributed by atoms with Crippen molar-refractivity contribution >= 4 is 11.5 Å². The molecule has 3 nitrogen and oxygen atoms in total. The van der Waals surface area contributed by atoms with Gasteiger partial charge in [0.15, 0.2) is 0 Å². The van der Waals surface area contributed by atoms with E-state index in [2.05, 4.69) is 35.8 Å². The first-order chi connectivity index (χ1) is 12.8. The van der Waals surface area contributed by atoms with E-state index in [0.717, 1.165) is 29.4 Å². The Morgan fingerprint density at radius 2 is 1.88 bits per heavy atom. The fourth-order valence-corrected chi connectivity index (χ4v) is 3.09. The van der Waals surface area contributed by atoms with Gasteiger partial charge in [0.25, 0.3) is 0 Å². The summed E-state index contributed by atoms with van der Waals surface area (Å²) in [6.07, 6.45) is 8.83.